The number of carbonyl (C=O) groups is 2. The van der Waals surface area contributed by atoms with Crippen molar-refractivity contribution in [2.75, 3.05) is 11.4 Å². The van der Waals surface area contributed by atoms with Crippen LogP contribution in [0.3, 0.4) is 0 Å². The highest BCUT2D eigenvalue weighted by molar-refractivity contribution is 9.10. The number of benzene rings is 2. The summed E-state index contributed by atoms with van der Waals surface area (Å²) in [6.45, 7) is -0.597. The summed E-state index contributed by atoms with van der Waals surface area (Å²) >= 11 is 4.49. The Morgan fingerprint density at radius 2 is 1.77 bits per heavy atom. The van der Waals surface area contributed by atoms with Crippen molar-refractivity contribution < 1.29 is 14.7 Å². The molecule has 8 nitrogen and oxygen atoms in total. The quantitative estimate of drug-likeness (QED) is 0.423. The molecule has 0 spiro atoms. The lowest BCUT2D eigenvalue weighted by molar-refractivity contribution is -0.303. The Hall–Kier alpha value is -3.37. The predicted octanol–water partition coefficient (Wildman–Crippen LogP) is 0.595. The first-order valence-electron chi connectivity index (χ1n) is 8.75. The van der Waals surface area contributed by atoms with Crippen LogP contribution in [0.15, 0.2) is 57.8 Å². The van der Waals surface area contributed by atoms with Crippen LogP contribution in [0, 0.1) is 0 Å². The molecule has 2 aromatic carbocycles. The first-order chi connectivity index (χ1) is 14.5. The number of para-hydroxylation sites is 1. The molecule has 5 rings (SSSR count). The van der Waals surface area contributed by atoms with Crippen molar-refractivity contribution in [3.63, 3.8) is 0 Å². The second-order valence-corrected chi connectivity index (χ2v) is 8.33. The largest absolute Gasteiger partial charge is 0.548 e. The van der Waals surface area contributed by atoms with Crippen LogP contribution in [0.5, 0.6) is 0 Å². The minimum atomic E-state index is -1.39. The van der Waals surface area contributed by atoms with Crippen LogP contribution < -0.4 is 20.1 Å². The maximum atomic E-state index is 13.1. The molecule has 0 unspecified atom stereocenters. The molecule has 2 aromatic heterocycles. The summed E-state index contributed by atoms with van der Waals surface area (Å²) < 4.78 is 2.13. The standard InChI is InChI=1S/C20H11BrN4O4S/c21-12-7-3-1-5-10(12)17-22-20-25(23-17)19(29)16(30-20)15-11-6-2-4-8-13(11)24(18(15)28)9-14(26)27/h1-8H,9H2,(H,26,27)/p-1. The number of thiazole rings is 1. The normalized spacial score (nSPS) is 15.1. The fraction of sp³-hybridized carbons (Fsp3) is 0.0500. The van der Waals surface area contributed by atoms with Gasteiger partial charge in [-0.1, -0.05) is 57.6 Å². The van der Waals surface area contributed by atoms with Gasteiger partial charge in [-0.3, -0.25) is 9.59 Å². The van der Waals surface area contributed by atoms with Gasteiger partial charge < -0.3 is 14.8 Å². The van der Waals surface area contributed by atoms with Crippen LogP contribution in [0.1, 0.15) is 5.56 Å². The zero-order valence-electron chi connectivity index (χ0n) is 15.0. The monoisotopic (exact) mass is 481 g/mol. The molecule has 0 N–H and O–H groups in total. The first-order valence-corrected chi connectivity index (χ1v) is 10.4. The second-order valence-electron chi connectivity index (χ2n) is 6.50. The van der Waals surface area contributed by atoms with Crippen molar-refractivity contribution in [1.29, 1.82) is 0 Å². The average Bonchev–Trinajstić information content (AvgIpc) is 3.34. The van der Waals surface area contributed by atoms with E-state index < -0.39 is 24.0 Å². The second kappa shape index (κ2) is 6.85. The summed E-state index contributed by atoms with van der Waals surface area (Å²) in [5, 5.41) is 15.4. The number of carboxylic acids is 1. The van der Waals surface area contributed by atoms with Gasteiger partial charge in [0, 0.05) is 15.6 Å². The van der Waals surface area contributed by atoms with E-state index in [1.165, 1.54) is 4.52 Å². The van der Waals surface area contributed by atoms with Gasteiger partial charge in [0.1, 0.15) is 4.53 Å². The third-order valence-electron chi connectivity index (χ3n) is 4.71. The zero-order valence-corrected chi connectivity index (χ0v) is 17.4. The zero-order chi connectivity index (χ0) is 21.0. The molecule has 0 saturated carbocycles. The lowest BCUT2D eigenvalue weighted by atomic mass is 10.1. The molecule has 10 heteroatoms. The minimum absolute atomic E-state index is 0.150. The van der Waals surface area contributed by atoms with E-state index in [4.69, 9.17) is 0 Å². The lowest BCUT2D eigenvalue weighted by Gasteiger charge is -2.17. The number of anilines is 1. The maximum absolute atomic E-state index is 13.1. The summed E-state index contributed by atoms with van der Waals surface area (Å²) in [5.41, 5.74) is 1.33. The molecule has 4 aromatic rings. The molecule has 1 aliphatic rings. The van der Waals surface area contributed by atoms with Crippen molar-refractivity contribution >= 4 is 55.4 Å². The van der Waals surface area contributed by atoms with Crippen molar-refractivity contribution in [3.8, 4) is 11.4 Å². The number of aliphatic carboxylic acids is 1. The molecule has 30 heavy (non-hydrogen) atoms. The summed E-state index contributed by atoms with van der Waals surface area (Å²) in [7, 11) is 0. The van der Waals surface area contributed by atoms with Crippen molar-refractivity contribution in [2.24, 2.45) is 0 Å². The van der Waals surface area contributed by atoms with Crippen molar-refractivity contribution in [2.45, 2.75) is 0 Å². The molecule has 0 atom stereocenters. The van der Waals surface area contributed by atoms with E-state index in [1.54, 1.807) is 24.3 Å². The molecule has 148 valence electrons. The van der Waals surface area contributed by atoms with Gasteiger partial charge in [-0.15, -0.1) is 5.10 Å². The van der Waals surface area contributed by atoms with Crippen molar-refractivity contribution in [3.05, 3.63) is 73.5 Å². The van der Waals surface area contributed by atoms with Gasteiger partial charge in [0.25, 0.3) is 11.5 Å². The van der Waals surface area contributed by atoms with Crippen LogP contribution in [0.4, 0.5) is 5.69 Å². The maximum Gasteiger partial charge on any atom is 0.291 e. The molecule has 0 aliphatic carbocycles. The molecular formula is C20H10BrN4O4S-. The third-order valence-corrected chi connectivity index (χ3v) is 6.43. The molecule has 0 bridgehead atoms. The van der Waals surface area contributed by atoms with E-state index in [-0.39, 0.29) is 10.1 Å². The Balaban J connectivity index is 1.73. The van der Waals surface area contributed by atoms with Gasteiger partial charge in [0.15, 0.2) is 5.82 Å². The smallest absolute Gasteiger partial charge is 0.291 e. The number of carbonyl (C=O) groups excluding carboxylic acids is 2. The Morgan fingerprint density at radius 1 is 1.07 bits per heavy atom. The van der Waals surface area contributed by atoms with E-state index >= 15 is 0 Å². The van der Waals surface area contributed by atoms with Crippen LogP contribution in [-0.4, -0.2) is 33.0 Å². The first kappa shape index (κ1) is 18.6. The van der Waals surface area contributed by atoms with E-state index in [0.29, 0.717) is 22.0 Å². The molecule has 3 heterocycles. The van der Waals surface area contributed by atoms with E-state index in [2.05, 4.69) is 26.0 Å². The highest BCUT2D eigenvalue weighted by atomic mass is 79.9. The molecule has 0 saturated heterocycles. The number of halogens is 1. The summed E-state index contributed by atoms with van der Waals surface area (Å²) in [4.78, 5) is 43.1. The van der Waals surface area contributed by atoms with Gasteiger partial charge in [-0.2, -0.15) is 9.50 Å². The van der Waals surface area contributed by atoms with Gasteiger partial charge in [-0.05, 0) is 18.2 Å². The molecule has 0 fully saturated rings. The SMILES string of the molecule is O=C([O-])CN1C(=O)C(=c2sc3nc(-c4ccccc4Br)nn3c2=O)c2ccccc21. The average molecular weight is 482 g/mol. The molecule has 1 aliphatic heterocycles. The lowest BCUT2D eigenvalue weighted by Crippen LogP contribution is -2.40. The van der Waals surface area contributed by atoms with Crippen LogP contribution in [-0.2, 0) is 9.59 Å². The Morgan fingerprint density at radius 3 is 2.47 bits per heavy atom. The Labute approximate surface area is 180 Å². The van der Waals surface area contributed by atoms with E-state index in [1.807, 2.05) is 24.3 Å². The highest BCUT2D eigenvalue weighted by Gasteiger charge is 2.34. The number of rotatable bonds is 3. The molecule has 1 amide bonds. The Bertz CT molecular complexity index is 1480. The minimum Gasteiger partial charge on any atom is -0.548 e. The number of fused-ring (bicyclic) bond motifs is 2. The number of aromatic nitrogens is 3. The fourth-order valence-electron chi connectivity index (χ4n) is 3.43. The van der Waals surface area contributed by atoms with E-state index in [0.717, 1.165) is 26.3 Å². The molecule has 0 radical (unpaired) electrons. The number of amides is 1. The Kier molecular flexibility index (Phi) is 4.26. The van der Waals surface area contributed by atoms with Gasteiger partial charge in [0.2, 0.25) is 4.96 Å². The highest BCUT2D eigenvalue weighted by Crippen LogP contribution is 2.35. The summed E-state index contributed by atoms with van der Waals surface area (Å²) in [6, 6.07) is 14.1. The summed E-state index contributed by atoms with van der Waals surface area (Å²) in [6.07, 6.45) is 0. The van der Waals surface area contributed by atoms with Crippen molar-refractivity contribution in [1.82, 2.24) is 14.6 Å². The fourth-order valence-corrected chi connectivity index (χ4v) is 4.89. The molecular weight excluding hydrogens is 472 g/mol. The van der Waals surface area contributed by atoms with Crippen LogP contribution >= 0.6 is 27.3 Å². The number of nitrogens with zero attached hydrogens (tertiary/aromatic N) is 4. The topological polar surface area (TPSA) is 108 Å². The predicted molar refractivity (Wildman–Crippen MR) is 112 cm³/mol. The van der Waals surface area contributed by atoms with Crippen LogP contribution in [0.2, 0.25) is 0 Å². The van der Waals surface area contributed by atoms with Gasteiger partial charge >= 0.3 is 0 Å². The van der Waals surface area contributed by atoms with Gasteiger partial charge in [0.05, 0.1) is 23.8 Å². The third kappa shape index (κ3) is 2.76. The number of hydrogen-bond donors (Lipinski definition) is 0. The van der Waals surface area contributed by atoms with Crippen LogP contribution in [0.25, 0.3) is 21.9 Å². The van der Waals surface area contributed by atoms with E-state index in [9.17, 15) is 19.5 Å². The number of hydrogen-bond acceptors (Lipinski definition) is 7. The van der Waals surface area contributed by atoms with Gasteiger partial charge in [-0.25, -0.2) is 0 Å². The summed E-state index contributed by atoms with van der Waals surface area (Å²) in [5.74, 6) is -1.56. The number of carboxylic acid groups (broad SMARTS) is 1.